The van der Waals surface area contributed by atoms with Gasteiger partial charge in [0.2, 0.25) is 0 Å². The van der Waals surface area contributed by atoms with Gasteiger partial charge in [-0.05, 0) is 67.1 Å². The van der Waals surface area contributed by atoms with Crippen LogP contribution in [-0.4, -0.2) is 36.1 Å². The van der Waals surface area contributed by atoms with Crippen LogP contribution in [0.15, 0.2) is 65.3 Å². The second kappa shape index (κ2) is 10.5. The molecule has 0 saturated heterocycles. The molecule has 4 aromatic rings. The number of methoxy groups -OCH3 is 1. The number of amides is 1. The monoisotopic (exact) mass is 494 g/mol. The summed E-state index contributed by atoms with van der Waals surface area (Å²) in [5.74, 6) is -0.130. The Morgan fingerprint density at radius 2 is 1.86 bits per heavy atom. The van der Waals surface area contributed by atoms with Gasteiger partial charge in [0.15, 0.2) is 6.61 Å². The minimum atomic E-state index is -0.595. The lowest BCUT2D eigenvalue weighted by Crippen LogP contribution is -2.28. The number of carbonyl (C=O) groups excluding carboxylic acids is 3. The Morgan fingerprint density at radius 1 is 1.09 bits per heavy atom. The Bertz CT molecular complexity index is 1370. The van der Waals surface area contributed by atoms with E-state index in [4.69, 9.17) is 25.5 Å². The highest BCUT2D eigenvalue weighted by molar-refractivity contribution is 6.30. The van der Waals surface area contributed by atoms with Crippen LogP contribution in [0.5, 0.6) is 5.75 Å². The highest BCUT2D eigenvalue weighted by atomic mass is 35.5. The standard InChI is InChI=1S/C26H23ClN2O6/c1-16-21(13-25(31)35-15-24(30)28-14-20-4-3-11-34-20)22-12-19(33-2)9-10-23(22)29(16)26(32)17-5-7-18(27)8-6-17/h3-12H,13-15H2,1-2H3,(H,28,30). The normalized spacial score (nSPS) is 10.8. The number of esters is 1. The summed E-state index contributed by atoms with van der Waals surface area (Å²) < 4.78 is 17.2. The number of aromatic nitrogens is 1. The number of hydrogen-bond donors (Lipinski definition) is 1. The first-order valence-corrected chi connectivity index (χ1v) is 11.2. The van der Waals surface area contributed by atoms with Gasteiger partial charge in [-0.1, -0.05) is 11.6 Å². The van der Waals surface area contributed by atoms with Crippen molar-refractivity contribution in [1.29, 1.82) is 0 Å². The smallest absolute Gasteiger partial charge is 0.310 e. The first-order chi connectivity index (χ1) is 16.9. The van der Waals surface area contributed by atoms with Crippen molar-refractivity contribution in [3.8, 4) is 5.75 Å². The van der Waals surface area contributed by atoms with Gasteiger partial charge < -0.3 is 19.2 Å². The van der Waals surface area contributed by atoms with E-state index < -0.39 is 18.5 Å². The number of furan rings is 1. The van der Waals surface area contributed by atoms with E-state index in [1.165, 1.54) is 6.26 Å². The van der Waals surface area contributed by atoms with Crippen LogP contribution in [0, 0.1) is 6.92 Å². The van der Waals surface area contributed by atoms with E-state index in [-0.39, 0.29) is 18.9 Å². The topological polar surface area (TPSA) is 99.8 Å². The lowest BCUT2D eigenvalue weighted by Gasteiger charge is -2.08. The molecule has 8 nitrogen and oxygen atoms in total. The van der Waals surface area contributed by atoms with Crippen LogP contribution < -0.4 is 10.1 Å². The summed E-state index contributed by atoms with van der Waals surface area (Å²) in [7, 11) is 1.54. The molecule has 35 heavy (non-hydrogen) atoms. The molecule has 0 spiro atoms. The minimum Gasteiger partial charge on any atom is -0.497 e. The van der Waals surface area contributed by atoms with Gasteiger partial charge in [-0.15, -0.1) is 0 Å². The molecule has 0 bridgehead atoms. The van der Waals surface area contributed by atoms with E-state index >= 15 is 0 Å². The van der Waals surface area contributed by atoms with Crippen LogP contribution in [0.1, 0.15) is 27.4 Å². The van der Waals surface area contributed by atoms with Crippen molar-refractivity contribution in [1.82, 2.24) is 9.88 Å². The van der Waals surface area contributed by atoms with Gasteiger partial charge in [0.1, 0.15) is 11.5 Å². The van der Waals surface area contributed by atoms with Crippen molar-refractivity contribution in [3.05, 3.63) is 88.5 Å². The third kappa shape index (κ3) is 5.38. The molecule has 0 atom stereocenters. The number of rotatable bonds is 8. The molecular formula is C26H23ClN2O6. The highest BCUT2D eigenvalue weighted by Gasteiger charge is 2.23. The van der Waals surface area contributed by atoms with Crippen molar-refractivity contribution in [3.63, 3.8) is 0 Å². The molecule has 1 N–H and O–H groups in total. The fourth-order valence-corrected chi connectivity index (χ4v) is 3.91. The maximum absolute atomic E-state index is 13.3. The number of nitrogens with one attached hydrogen (secondary N) is 1. The Labute approximate surface area is 206 Å². The molecule has 2 aromatic carbocycles. The van der Waals surface area contributed by atoms with Crippen LogP contribution in [0.2, 0.25) is 5.02 Å². The van der Waals surface area contributed by atoms with Crippen molar-refractivity contribution in [2.24, 2.45) is 0 Å². The number of ether oxygens (including phenoxy) is 2. The van der Waals surface area contributed by atoms with Gasteiger partial charge >= 0.3 is 5.97 Å². The van der Waals surface area contributed by atoms with Crippen LogP contribution in [0.3, 0.4) is 0 Å². The predicted molar refractivity (Wildman–Crippen MR) is 130 cm³/mol. The summed E-state index contributed by atoms with van der Waals surface area (Å²) in [6, 6.07) is 15.3. The van der Waals surface area contributed by atoms with Gasteiger partial charge in [-0.25, -0.2) is 0 Å². The number of carbonyl (C=O) groups is 3. The van der Waals surface area contributed by atoms with Gasteiger partial charge in [0, 0.05) is 21.7 Å². The molecule has 2 heterocycles. The molecule has 0 unspecified atom stereocenters. The average Bonchev–Trinajstić information content (AvgIpc) is 3.47. The molecule has 0 fully saturated rings. The van der Waals surface area contributed by atoms with E-state index in [0.717, 1.165) is 0 Å². The molecule has 0 radical (unpaired) electrons. The zero-order chi connectivity index (χ0) is 24.9. The molecule has 1 amide bonds. The summed E-state index contributed by atoms with van der Waals surface area (Å²) in [4.78, 5) is 38.0. The molecule has 0 aliphatic heterocycles. The Balaban J connectivity index is 1.55. The fraction of sp³-hybridized carbons (Fsp3) is 0.192. The third-order valence-corrected chi connectivity index (χ3v) is 5.81. The van der Waals surface area contributed by atoms with E-state index in [1.54, 1.807) is 73.2 Å². The minimum absolute atomic E-state index is 0.123. The molecule has 2 aromatic heterocycles. The number of nitrogens with zero attached hydrogens (tertiary/aromatic N) is 1. The Morgan fingerprint density at radius 3 is 2.54 bits per heavy atom. The summed E-state index contributed by atoms with van der Waals surface area (Å²) >= 11 is 5.96. The van der Waals surface area contributed by atoms with Gasteiger partial charge in [-0.3, -0.25) is 19.0 Å². The second-order valence-corrected chi connectivity index (χ2v) is 8.22. The summed E-state index contributed by atoms with van der Waals surface area (Å²) in [5.41, 5.74) is 2.28. The summed E-state index contributed by atoms with van der Waals surface area (Å²) in [5, 5.41) is 3.83. The van der Waals surface area contributed by atoms with E-state index in [1.807, 2.05) is 0 Å². The van der Waals surface area contributed by atoms with Crippen LogP contribution in [0.4, 0.5) is 0 Å². The van der Waals surface area contributed by atoms with Crippen molar-refractivity contribution in [2.75, 3.05) is 13.7 Å². The maximum Gasteiger partial charge on any atom is 0.310 e. The third-order valence-electron chi connectivity index (χ3n) is 5.56. The number of halogens is 1. The second-order valence-electron chi connectivity index (χ2n) is 7.79. The van der Waals surface area contributed by atoms with E-state index in [0.29, 0.717) is 44.3 Å². The zero-order valence-electron chi connectivity index (χ0n) is 19.2. The van der Waals surface area contributed by atoms with Gasteiger partial charge in [0.05, 0.1) is 31.9 Å². The molecule has 0 aliphatic carbocycles. The molecule has 0 saturated carbocycles. The molecule has 0 aliphatic rings. The SMILES string of the molecule is COc1ccc2c(c1)c(CC(=O)OCC(=O)NCc1ccco1)c(C)n2C(=O)c1ccc(Cl)cc1. The van der Waals surface area contributed by atoms with Crippen molar-refractivity contribution >= 4 is 40.3 Å². The van der Waals surface area contributed by atoms with Crippen LogP contribution in [0.25, 0.3) is 10.9 Å². The largest absolute Gasteiger partial charge is 0.497 e. The number of hydrogen-bond acceptors (Lipinski definition) is 6. The predicted octanol–water partition coefficient (Wildman–Crippen LogP) is 4.30. The van der Waals surface area contributed by atoms with Crippen LogP contribution in [-0.2, 0) is 27.3 Å². The van der Waals surface area contributed by atoms with Crippen molar-refractivity contribution in [2.45, 2.75) is 19.9 Å². The summed E-state index contributed by atoms with van der Waals surface area (Å²) in [6.45, 7) is 1.53. The van der Waals surface area contributed by atoms with E-state index in [2.05, 4.69) is 5.32 Å². The van der Waals surface area contributed by atoms with E-state index in [9.17, 15) is 14.4 Å². The maximum atomic E-state index is 13.3. The zero-order valence-corrected chi connectivity index (χ0v) is 19.9. The number of fused-ring (bicyclic) bond motifs is 1. The quantitative estimate of drug-likeness (QED) is 0.367. The molecule has 9 heteroatoms. The number of benzene rings is 2. The lowest BCUT2D eigenvalue weighted by atomic mass is 10.1. The first-order valence-electron chi connectivity index (χ1n) is 10.8. The first kappa shape index (κ1) is 24.1. The summed E-state index contributed by atoms with van der Waals surface area (Å²) in [6.07, 6.45) is 1.38. The Kier molecular flexibility index (Phi) is 7.22. The van der Waals surface area contributed by atoms with Gasteiger partial charge in [0.25, 0.3) is 11.8 Å². The Hall–Kier alpha value is -4.04. The van der Waals surface area contributed by atoms with Crippen molar-refractivity contribution < 1.29 is 28.3 Å². The molecular weight excluding hydrogens is 472 g/mol. The lowest BCUT2D eigenvalue weighted by molar-refractivity contribution is -0.147. The fourth-order valence-electron chi connectivity index (χ4n) is 3.79. The molecule has 4 rings (SSSR count). The molecule has 180 valence electrons. The van der Waals surface area contributed by atoms with Gasteiger partial charge in [-0.2, -0.15) is 0 Å². The highest BCUT2D eigenvalue weighted by Crippen LogP contribution is 2.31. The van der Waals surface area contributed by atoms with Crippen LogP contribution >= 0.6 is 11.6 Å². The average molecular weight is 495 g/mol.